The van der Waals surface area contributed by atoms with Crippen molar-refractivity contribution in [3.8, 4) is 0 Å². The molecule has 1 aliphatic rings. The summed E-state index contributed by atoms with van der Waals surface area (Å²) in [5.41, 5.74) is 3.08. The van der Waals surface area contributed by atoms with Crippen LogP contribution in [0.3, 0.4) is 0 Å². The molecule has 24 heavy (non-hydrogen) atoms. The van der Waals surface area contributed by atoms with Gasteiger partial charge in [0.15, 0.2) is 5.16 Å². The molecule has 0 saturated heterocycles. The molecule has 1 saturated carbocycles. The zero-order valence-electron chi connectivity index (χ0n) is 14.7. The van der Waals surface area contributed by atoms with Gasteiger partial charge in [-0.25, -0.2) is 0 Å². The second kappa shape index (κ2) is 6.97. The maximum Gasteiger partial charge on any atom is 0.237 e. The standard InChI is InChI=1S/C18H24N4OS/c1-5-22-16(14-8-9-14)20-21-18(22)24-13(4)17(23)19-15-10-11(2)6-7-12(15)3/h6-7,10,13-14H,5,8-9H2,1-4H3,(H,19,23)/t13-/m0/s1. The molecule has 1 N–H and O–H groups in total. The van der Waals surface area contributed by atoms with E-state index < -0.39 is 0 Å². The van der Waals surface area contributed by atoms with Crippen molar-refractivity contribution in [3.05, 3.63) is 35.2 Å². The minimum Gasteiger partial charge on any atom is -0.325 e. The molecule has 1 amide bonds. The summed E-state index contributed by atoms with van der Waals surface area (Å²) in [6, 6.07) is 6.08. The number of nitrogens with zero attached hydrogens (tertiary/aromatic N) is 3. The van der Waals surface area contributed by atoms with Crippen LogP contribution in [0.5, 0.6) is 0 Å². The highest BCUT2D eigenvalue weighted by molar-refractivity contribution is 8.00. The van der Waals surface area contributed by atoms with Gasteiger partial charge in [-0.1, -0.05) is 23.9 Å². The van der Waals surface area contributed by atoms with E-state index in [9.17, 15) is 4.79 Å². The number of carbonyl (C=O) groups is 1. The van der Waals surface area contributed by atoms with Crippen LogP contribution in [-0.4, -0.2) is 25.9 Å². The van der Waals surface area contributed by atoms with Crippen molar-refractivity contribution in [1.29, 1.82) is 0 Å². The molecule has 5 nitrogen and oxygen atoms in total. The largest absolute Gasteiger partial charge is 0.325 e. The number of amides is 1. The SMILES string of the molecule is CCn1c(S[C@@H](C)C(=O)Nc2cc(C)ccc2C)nnc1C1CC1. The average Bonchev–Trinajstić information content (AvgIpc) is 3.32. The van der Waals surface area contributed by atoms with E-state index in [0.29, 0.717) is 5.92 Å². The Morgan fingerprint density at radius 1 is 1.38 bits per heavy atom. The number of aromatic nitrogens is 3. The fourth-order valence-corrected chi connectivity index (χ4v) is 3.56. The van der Waals surface area contributed by atoms with Gasteiger partial charge in [-0.15, -0.1) is 10.2 Å². The highest BCUT2D eigenvalue weighted by Crippen LogP contribution is 2.40. The third-order valence-electron chi connectivity index (χ3n) is 4.31. The van der Waals surface area contributed by atoms with E-state index in [4.69, 9.17) is 0 Å². The van der Waals surface area contributed by atoms with Crippen molar-refractivity contribution in [3.63, 3.8) is 0 Å². The monoisotopic (exact) mass is 344 g/mol. The molecular weight excluding hydrogens is 320 g/mol. The summed E-state index contributed by atoms with van der Waals surface area (Å²) in [6.45, 7) is 8.88. The van der Waals surface area contributed by atoms with E-state index in [-0.39, 0.29) is 11.2 Å². The highest BCUT2D eigenvalue weighted by Gasteiger charge is 2.30. The number of hydrogen-bond donors (Lipinski definition) is 1. The van der Waals surface area contributed by atoms with Crippen LogP contribution in [0, 0.1) is 13.8 Å². The minimum atomic E-state index is -0.230. The first-order valence-corrected chi connectivity index (χ1v) is 9.35. The molecule has 0 aliphatic heterocycles. The minimum absolute atomic E-state index is 0.00711. The fraction of sp³-hybridized carbons (Fsp3) is 0.500. The van der Waals surface area contributed by atoms with Crippen molar-refractivity contribution in [2.75, 3.05) is 5.32 Å². The van der Waals surface area contributed by atoms with Gasteiger partial charge in [0.1, 0.15) is 5.82 Å². The Morgan fingerprint density at radius 2 is 2.12 bits per heavy atom. The number of aryl methyl sites for hydroxylation is 2. The summed E-state index contributed by atoms with van der Waals surface area (Å²) >= 11 is 1.48. The Labute approximate surface area is 147 Å². The first kappa shape index (κ1) is 17.0. The quantitative estimate of drug-likeness (QED) is 0.807. The Bertz CT molecular complexity index is 751. The van der Waals surface area contributed by atoms with Gasteiger partial charge in [0.2, 0.25) is 5.91 Å². The van der Waals surface area contributed by atoms with Gasteiger partial charge in [0.25, 0.3) is 0 Å². The molecule has 0 radical (unpaired) electrons. The van der Waals surface area contributed by atoms with Gasteiger partial charge in [0, 0.05) is 18.2 Å². The third-order valence-corrected chi connectivity index (χ3v) is 5.39. The molecule has 0 spiro atoms. The Morgan fingerprint density at radius 3 is 2.79 bits per heavy atom. The van der Waals surface area contributed by atoms with Gasteiger partial charge < -0.3 is 9.88 Å². The van der Waals surface area contributed by atoms with Crippen LogP contribution in [0.2, 0.25) is 0 Å². The lowest BCUT2D eigenvalue weighted by molar-refractivity contribution is -0.115. The third kappa shape index (κ3) is 3.64. The molecule has 1 atom stereocenters. The van der Waals surface area contributed by atoms with Crippen LogP contribution in [-0.2, 0) is 11.3 Å². The second-order valence-corrected chi connectivity index (χ2v) is 7.73. The topological polar surface area (TPSA) is 59.8 Å². The molecule has 1 fully saturated rings. The van der Waals surface area contributed by atoms with E-state index >= 15 is 0 Å². The van der Waals surface area contributed by atoms with Gasteiger partial charge >= 0.3 is 0 Å². The van der Waals surface area contributed by atoms with E-state index in [1.165, 1.54) is 24.6 Å². The average molecular weight is 344 g/mol. The molecule has 128 valence electrons. The van der Waals surface area contributed by atoms with Gasteiger partial charge in [-0.2, -0.15) is 0 Å². The van der Waals surface area contributed by atoms with Crippen molar-refractivity contribution >= 4 is 23.4 Å². The van der Waals surface area contributed by atoms with Crippen LogP contribution >= 0.6 is 11.8 Å². The number of hydrogen-bond acceptors (Lipinski definition) is 4. The molecule has 1 aromatic carbocycles. The summed E-state index contributed by atoms with van der Waals surface area (Å²) in [6.07, 6.45) is 2.40. The van der Waals surface area contributed by atoms with Crippen molar-refractivity contribution in [1.82, 2.24) is 14.8 Å². The first-order valence-electron chi connectivity index (χ1n) is 8.47. The molecule has 1 heterocycles. The predicted octanol–water partition coefficient (Wildman–Crippen LogP) is 3.91. The fourth-order valence-electron chi connectivity index (χ4n) is 2.64. The molecule has 0 unspecified atom stereocenters. The molecular formula is C18H24N4OS. The number of thioether (sulfide) groups is 1. The maximum atomic E-state index is 12.5. The van der Waals surface area contributed by atoms with Crippen molar-refractivity contribution < 1.29 is 4.79 Å². The number of rotatable bonds is 6. The van der Waals surface area contributed by atoms with Gasteiger partial charge in [-0.3, -0.25) is 4.79 Å². The number of anilines is 1. The Kier molecular flexibility index (Phi) is 4.94. The van der Waals surface area contributed by atoms with Crippen LogP contribution < -0.4 is 5.32 Å². The van der Waals surface area contributed by atoms with E-state index in [1.54, 1.807) is 0 Å². The maximum absolute atomic E-state index is 12.5. The first-order chi connectivity index (χ1) is 11.5. The Hall–Kier alpha value is -1.82. The number of carbonyl (C=O) groups excluding carboxylic acids is 1. The predicted molar refractivity (Wildman–Crippen MR) is 97.5 cm³/mol. The van der Waals surface area contributed by atoms with Crippen LogP contribution in [0.4, 0.5) is 5.69 Å². The Balaban J connectivity index is 1.69. The summed E-state index contributed by atoms with van der Waals surface area (Å²) in [5, 5.41) is 12.3. The summed E-state index contributed by atoms with van der Waals surface area (Å²) < 4.78 is 2.14. The second-order valence-electron chi connectivity index (χ2n) is 6.43. The molecule has 1 aromatic heterocycles. The van der Waals surface area contributed by atoms with E-state index in [0.717, 1.165) is 34.3 Å². The summed E-state index contributed by atoms with van der Waals surface area (Å²) in [7, 11) is 0. The molecule has 0 bridgehead atoms. The van der Waals surface area contributed by atoms with Gasteiger partial charge in [-0.05, 0) is 57.7 Å². The lowest BCUT2D eigenvalue weighted by atomic mass is 10.1. The zero-order valence-corrected chi connectivity index (χ0v) is 15.5. The molecule has 6 heteroatoms. The highest BCUT2D eigenvalue weighted by atomic mass is 32.2. The van der Waals surface area contributed by atoms with Crippen LogP contribution in [0.1, 0.15) is 49.6 Å². The van der Waals surface area contributed by atoms with Crippen molar-refractivity contribution in [2.45, 2.75) is 63.4 Å². The molecule has 3 rings (SSSR count). The molecule has 1 aliphatic carbocycles. The normalized spacial score (nSPS) is 15.3. The van der Waals surface area contributed by atoms with Crippen LogP contribution in [0.25, 0.3) is 0 Å². The van der Waals surface area contributed by atoms with E-state index in [1.807, 2.05) is 39.0 Å². The van der Waals surface area contributed by atoms with Crippen molar-refractivity contribution in [2.24, 2.45) is 0 Å². The van der Waals surface area contributed by atoms with Gasteiger partial charge in [0.05, 0.1) is 5.25 Å². The summed E-state index contributed by atoms with van der Waals surface area (Å²) in [4.78, 5) is 12.5. The smallest absolute Gasteiger partial charge is 0.237 e. The zero-order chi connectivity index (χ0) is 17.3. The van der Waals surface area contributed by atoms with Crippen LogP contribution in [0.15, 0.2) is 23.4 Å². The number of nitrogens with one attached hydrogen (secondary N) is 1. The lowest BCUT2D eigenvalue weighted by Crippen LogP contribution is -2.23. The lowest BCUT2D eigenvalue weighted by Gasteiger charge is -2.14. The molecule has 2 aromatic rings. The number of benzene rings is 1. The van der Waals surface area contributed by atoms with E-state index in [2.05, 4.69) is 27.0 Å². The summed E-state index contributed by atoms with van der Waals surface area (Å²) in [5.74, 6) is 1.63.